The molecule has 0 unspecified atom stereocenters. The van der Waals surface area contributed by atoms with E-state index in [1.165, 1.54) is 50.2 Å². The molecule has 0 radical (unpaired) electrons. The predicted octanol–water partition coefficient (Wildman–Crippen LogP) is 17.2. The summed E-state index contributed by atoms with van der Waals surface area (Å²) >= 11 is 0. The number of allylic oxidation sites excluding steroid dienone is 2. The molecule has 8 rings (SSSR count). The third-order valence-electron chi connectivity index (χ3n) is 13.1. The molecule has 0 bridgehead atoms. The van der Waals surface area contributed by atoms with Crippen molar-refractivity contribution in [3.05, 3.63) is 162 Å². The average Bonchev–Trinajstić information content (AvgIpc) is 3.80. The maximum Gasteiger partial charge on any atom is 0.135 e. The fourth-order valence-electron chi connectivity index (χ4n) is 9.23. The van der Waals surface area contributed by atoms with Crippen LogP contribution in [-0.2, 0) is 42.7 Å². The molecule has 2 aromatic heterocycles. The SMILES string of the molecule is CC(C)(C)C1=C(C(C)(C)C)N(c2cc(-c3ccc(C(C)(C)C)cc3)cc(C(C)(C)C)c2)[CH-]N1c1[c-]c(Oc2[c-]c3c(cc2)c2cc(C(C)(C)C)ccc2n3-c2cc(C(C)(C)C)ccn2)ccc1.[Pt]. The van der Waals surface area contributed by atoms with E-state index in [1.54, 1.807) is 0 Å². The van der Waals surface area contributed by atoms with Crippen LogP contribution in [0.15, 0.2) is 121 Å². The molecule has 3 heterocycles. The molecule has 5 aromatic carbocycles. The van der Waals surface area contributed by atoms with Crippen molar-refractivity contribution in [2.75, 3.05) is 9.80 Å². The minimum absolute atomic E-state index is 0. The summed E-state index contributed by atoms with van der Waals surface area (Å²) in [5, 5.41) is 2.28. The molecule has 0 amide bonds. The number of anilines is 2. The van der Waals surface area contributed by atoms with Crippen molar-refractivity contribution in [2.24, 2.45) is 10.8 Å². The summed E-state index contributed by atoms with van der Waals surface area (Å²) in [6, 6.07) is 45.2. The third kappa shape index (κ3) is 10.1. The van der Waals surface area contributed by atoms with E-state index in [0.717, 1.165) is 33.6 Å². The maximum absolute atomic E-state index is 6.79. The Hall–Kier alpha value is -5.12. The van der Waals surface area contributed by atoms with Gasteiger partial charge in [-0.25, -0.2) is 4.98 Å². The number of fused-ring (bicyclic) bond motifs is 3. The zero-order chi connectivity index (χ0) is 48.8. The topological polar surface area (TPSA) is 33.5 Å². The van der Waals surface area contributed by atoms with Crippen LogP contribution >= 0.6 is 0 Å². The van der Waals surface area contributed by atoms with Gasteiger partial charge in [0.15, 0.2) is 0 Å². The maximum atomic E-state index is 6.79. The first-order chi connectivity index (χ1) is 31.0. The van der Waals surface area contributed by atoms with Crippen molar-refractivity contribution in [3.63, 3.8) is 0 Å². The number of hydrogen-bond donors (Lipinski definition) is 0. The van der Waals surface area contributed by atoms with Gasteiger partial charge in [0.05, 0.1) is 0 Å². The number of ether oxygens (including phenoxy) is 1. The normalized spacial score (nSPS) is 14.3. The molecule has 0 aliphatic carbocycles. The van der Waals surface area contributed by atoms with Crippen LogP contribution in [0.4, 0.5) is 11.4 Å². The van der Waals surface area contributed by atoms with Gasteiger partial charge in [-0.2, -0.15) is 12.1 Å². The average molecular weight is 1090 g/mol. The molecule has 0 saturated heterocycles. The number of nitrogens with zero attached hydrogens (tertiary/aromatic N) is 4. The van der Waals surface area contributed by atoms with Gasteiger partial charge in [0.2, 0.25) is 0 Å². The first-order valence-electron chi connectivity index (χ1n) is 24.1. The third-order valence-corrected chi connectivity index (χ3v) is 13.1. The molecule has 6 heteroatoms. The molecule has 1 aliphatic heterocycles. The minimum atomic E-state index is -0.219. The van der Waals surface area contributed by atoms with Gasteiger partial charge in [0, 0.05) is 72.2 Å². The molecule has 360 valence electrons. The molecule has 1 aliphatic rings. The molecular weight excluding hydrogens is 1010 g/mol. The van der Waals surface area contributed by atoms with Gasteiger partial charge in [-0.05, 0) is 90.8 Å². The molecule has 0 fully saturated rings. The van der Waals surface area contributed by atoms with Gasteiger partial charge in [-0.3, -0.25) is 0 Å². The van der Waals surface area contributed by atoms with Crippen molar-refractivity contribution >= 4 is 33.2 Å². The first-order valence-corrected chi connectivity index (χ1v) is 24.1. The van der Waals surface area contributed by atoms with Gasteiger partial charge in [0.25, 0.3) is 0 Å². The van der Waals surface area contributed by atoms with E-state index < -0.39 is 0 Å². The number of hydrogen-bond acceptors (Lipinski definition) is 4. The van der Waals surface area contributed by atoms with Crippen LogP contribution in [0.2, 0.25) is 0 Å². The fourth-order valence-corrected chi connectivity index (χ4v) is 9.23. The summed E-state index contributed by atoms with van der Waals surface area (Å²) in [4.78, 5) is 9.70. The van der Waals surface area contributed by atoms with E-state index in [0.29, 0.717) is 11.5 Å². The predicted molar refractivity (Wildman–Crippen MR) is 285 cm³/mol. The smallest absolute Gasteiger partial charge is 0.135 e. The molecular formula is C62H73N4OPt-3. The standard InChI is InChI=1S/C62H73N4O.Pt/c1-57(2,3)42-24-22-40(23-25-42)41-32-45(60(10,11)12)34-47(33-41)65-39-64(55(61(13,14)15)56(65)62(16,17)18)46-20-19-21-48(37-46)67-49-27-28-50-51-35-43(58(4,5)6)26-29-52(51)66(53(50)38-49)54-36-44(30-31-63-54)59(7,8)9;/h19-36,39H,1-18H3;/q-3;. The summed E-state index contributed by atoms with van der Waals surface area (Å²) < 4.78 is 9.03. The Morgan fingerprint density at radius 3 is 1.65 bits per heavy atom. The van der Waals surface area contributed by atoms with Crippen LogP contribution in [0.3, 0.4) is 0 Å². The van der Waals surface area contributed by atoms with Crippen molar-refractivity contribution in [1.82, 2.24) is 9.55 Å². The number of pyridine rings is 1. The van der Waals surface area contributed by atoms with Crippen LogP contribution in [-0.4, -0.2) is 9.55 Å². The molecule has 68 heavy (non-hydrogen) atoms. The molecule has 0 N–H and O–H groups in total. The molecule has 5 nitrogen and oxygen atoms in total. The van der Waals surface area contributed by atoms with Crippen molar-refractivity contribution in [2.45, 2.75) is 146 Å². The Labute approximate surface area is 423 Å². The Bertz CT molecular complexity index is 3020. The van der Waals surface area contributed by atoms with Crippen LogP contribution in [0.5, 0.6) is 11.5 Å². The number of benzene rings is 5. The van der Waals surface area contributed by atoms with Crippen LogP contribution in [0, 0.1) is 29.6 Å². The minimum Gasteiger partial charge on any atom is -0.509 e. The van der Waals surface area contributed by atoms with E-state index >= 15 is 0 Å². The van der Waals surface area contributed by atoms with Crippen molar-refractivity contribution in [3.8, 4) is 28.4 Å². The van der Waals surface area contributed by atoms with Crippen LogP contribution in [0.1, 0.15) is 147 Å². The second-order valence-corrected chi connectivity index (χ2v) is 25.0. The van der Waals surface area contributed by atoms with Crippen LogP contribution < -0.4 is 14.5 Å². The Balaban J connectivity index is 0.00000684. The zero-order valence-electron chi connectivity index (χ0n) is 44.0. The molecule has 0 atom stereocenters. The Kier molecular flexibility index (Phi) is 13.2. The van der Waals surface area contributed by atoms with E-state index in [1.807, 2.05) is 18.3 Å². The summed E-state index contributed by atoms with van der Waals surface area (Å²) in [5.41, 5.74) is 13.7. The molecule has 0 saturated carbocycles. The summed E-state index contributed by atoms with van der Waals surface area (Å²) in [7, 11) is 0. The summed E-state index contributed by atoms with van der Waals surface area (Å²) in [5.74, 6) is 2.09. The second-order valence-electron chi connectivity index (χ2n) is 25.0. The molecule has 7 aromatic rings. The van der Waals surface area contributed by atoms with Gasteiger partial charge in [-0.15, -0.1) is 48.1 Å². The number of rotatable bonds is 6. The Morgan fingerprint density at radius 2 is 1.04 bits per heavy atom. The van der Waals surface area contributed by atoms with E-state index in [4.69, 9.17) is 9.72 Å². The zero-order valence-corrected chi connectivity index (χ0v) is 46.3. The van der Waals surface area contributed by atoms with E-state index in [9.17, 15) is 0 Å². The quantitative estimate of drug-likeness (QED) is 0.155. The Morgan fingerprint density at radius 1 is 0.471 bits per heavy atom. The first kappa shape index (κ1) is 50.7. The van der Waals surface area contributed by atoms with Gasteiger partial charge in [0.1, 0.15) is 5.82 Å². The fraction of sp³-hybridized carbons (Fsp3) is 0.387. The second kappa shape index (κ2) is 17.7. The monoisotopic (exact) mass is 1080 g/mol. The van der Waals surface area contributed by atoms with Gasteiger partial charge >= 0.3 is 0 Å². The van der Waals surface area contributed by atoms with Crippen molar-refractivity contribution in [1.29, 1.82) is 0 Å². The van der Waals surface area contributed by atoms with Crippen LogP contribution in [0.25, 0.3) is 38.8 Å². The van der Waals surface area contributed by atoms with Gasteiger partial charge < -0.3 is 19.1 Å². The summed E-state index contributed by atoms with van der Waals surface area (Å²) in [6.07, 6.45) is 1.92. The van der Waals surface area contributed by atoms with Crippen molar-refractivity contribution < 1.29 is 25.8 Å². The van der Waals surface area contributed by atoms with E-state index in [2.05, 4.69) is 249 Å². The number of aromatic nitrogens is 2. The largest absolute Gasteiger partial charge is 0.509 e. The van der Waals surface area contributed by atoms with Gasteiger partial charge in [-0.1, -0.05) is 173 Å². The van der Waals surface area contributed by atoms with E-state index in [-0.39, 0.29) is 53.6 Å². The molecule has 0 spiro atoms. The summed E-state index contributed by atoms with van der Waals surface area (Å²) in [6.45, 7) is 43.4.